The van der Waals surface area contributed by atoms with Crippen LogP contribution in [-0.4, -0.2) is 40.9 Å². The Kier molecular flexibility index (Phi) is 7.94. The van der Waals surface area contributed by atoms with Crippen molar-refractivity contribution in [2.75, 3.05) is 19.1 Å². The summed E-state index contributed by atoms with van der Waals surface area (Å²) in [6.07, 6.45) is 4.00. The molecular formula is C28H27Cl2FN4O3. The fourth-order valence-corrected chi connectivity index (χ4v) is 4.93. The van der Waals surface area contributed by atoms with Gasteiger partial charge in [0.1, 0.15) is 17.6 Å². The average Bonchev–Trinajstić information content (AvgIpc) is 3.41. The Morgan fingerprint density at radius 2 is 1.87 bits per heavy atom. The van der Waals surface area contributed by atoms with E-state index in [2.05, 4.69) is 0 Å². The van der Waals surface area contributed by atoms with E-state index in [1.54, 1.807) is 49.7 Å². The molecule has 3 aromatic rings. The summed E-state index contributed by atoms with van der Waals surface area (Å²) in [6.45, 7) is 5.76. The van der Waals surface area contributed by atoms with Gasteiger partial charge in [-0.3, -0.25) is 14.5 Å². The molecule has 0 radical (unpaired) electrons. The largest absolute Gasteiger partial charge is 0.494 e. The Morgan fingerprint density at radius 1 is 1.18 bits per heavy atom. The third-order valence-corrected chi connectivity index (χ3v) is 6.83. The molecule has 38 heavy (non-hydrogen) atoms. The van der Waals surface area contributed by atoms with Gasteiger partial charge < -0.3 is 14.2 Å². The number of ether oxygens (including phenoxy) is 1. The Balaban J connectivity index is 2.01. The van der Waals surface area contributed by atoms with E-state index in [0.29, 0.717) is 34.3 Å². The number of methoxy groups -OCH3 is 1. The lowest BCUT2D eigenvalue weighted by Gasteiger charge is -2.29. The Hall–Kier alpha value is -3.62. The number of carbonyl (C=O) groups excluding carboxylic acids is 2. The molecule has 198 valence electrons. The summed E-state index contributed by atoms with van der Waals surface area (Å²) in [5, 5.41) is 0.440. The first-order chi connectivity index (χ1) is 18.1. The van der Waals surface area contributed by atoms with Gasteiger partial charge in [0.05, 0.1) is 29.1 Å². The monoisotopic (exact) mass is 556 g/mol. The first-order valence-electron chi connectivity index (χ1n) is 11.9. The molecule has 0 spiro atoms. The molecule has 0 aliphatic carbocycles. The zero-order valence-corrected chi connectivity index (χ0v) is 23.1. The summed E-state index contributed by atoms with van der Waals surface area (Å²) in [7, 11) is 3.08. The van der Waals surface area contributed by atoms with E-state index >= 15 is 4.39 Å². The average molecular weight is 557 g/mol. The number of fused-ring (bicyclic) bond motifs is 1. The minimum Gasteiger partial charge on any atom is -0.494 e. The van der Waals surface area contributed by atoms with Gasteiger partial charge in [-0.05, 0) is 50.6 Å². The summed E-state index contributed by atoms with van der Waals surface area (Å²) < 4.78 is 22.8. The third kappa shape index (κ3) is 4.70. The van der Waals surface area contributed by atoms with E-state index in [1.165, 1.54) is 29.0 Å². The molecule has 1 aliphatic rings. The van der Waals surface area contributed by atoms with Crippen LogP contribution in [0.1, 0.15) is 60.4 Å². The highest BCUT2D eigenvalue weighted by atomic mass is 35.5. The molecule has 0 N–H and O–H groups in total. The van der Waals surface area contributed by atoms with Crippen LogP contribution in [-0.2, 0) is 9.53 Å². The maximum atomic E-state index is 15.3. The van der Waals surface area contributed by atoms with Crippen molar-refractivity contribution in [3.63, 3.8) is 0 Å². The van der Waals surface area contributed by atoms with Crippen LogP contribution in [0.25, 0.3) is 5.57 Å². The molecule has 0 saturated heterocycles. The highest BCUT2D eigenvalue weighted by Crippen LogP contribution is 2.45. The van der Waals surface area contributed by atoms with Crippen LogP contribution in [0, 0.1) is 5.82 Å². The second-order valence-electron chi connectivity index (χ2n) is 9.01. The molecule has 1 aromatic heterocycles. The quantitative estimate of drug-likeness (QED) is 0.177. The number of imidazole rings is 1. The van der Waals surface area contributed by atoms with Crippen molar-refractivity contribution < 1.29 is 18.7 Å². The normalized spacial score (nSPS) is 15.8. The molecule has 0 fully saturated rings. The summed E-state index contributed by atoms with van der Waals surface area (Å²) in [5.41, 5.74) is 2.15. The zero-order valence-electron chi connectivity index (χ0n) is 21.6. The van der Waals surface area contributed by atoms with Gasteiger partial charge in [0.15, 0.2) is 11.5 Å². The van der Waals surface area contributed by atoms with E-state index < -0.39 is 17.8 Å². The fourth-order valence-electron chi connectivity index (χ4n) is 4.64. The number of hydrogen-bond donors (Lipinski definition) is 0. The number of benzene rings is 2. The fraction of sp³-hybridized carbons (Fsp3) is 0.250. The third-order valence-electron chi connectivity index (χ3n) is 6.28. The van der Waals surface area contributed by atoms with E-state index in [4.69, 9.17) is 32.9 Å². The molecule has 2 heterocycles. The van der Waals surface area contributed by atoms with E-state index in [1.807, 2.05) is 25.3 Å². The first kappa shape index (κ1) is 27.4. The molecule has 2 amide bonds. The number of carbonyl (C=O) groups is 2. The number of halogens is 3. The maximum absolute atomic E-state index is 15.3. The van der Waals surface area contributed by atoms with Gasteiger partial charge in [-0.2, -0.15) is 0 Å². The summed E-state index contributed by atoms with van der Waals surface area (Å²) >= 11 is 12.3. The molecule has 4 rings (SSSR count). The van der Waals surface area contributed by atoms with Crippen LogP contribution in [0.2, 0.25) is 10.0 Å². The minimum absolute atomic E-state index is 0.0497. The van der Waals surface area contributed by atoms with Crippen LogP contribution in [0.4, 0.5) is 10.1 Å². The van der Waals surface area contributed by atoms with Gasteiger partial charge in [-0.1, -0.05) is 47.5 Å². The van der Waals surface area contributed by atoms with Crippen LogP contribution in [0.3, 0.4) is 0 Å². The number of hydrogen-bond acceptors (Lipinski definition) is 4. The summed E-state index contributed by atoms with van der Waals surface area (Å²) in [6, 6.07) is 10.7. The van der Waals surface area contributed by atoms with Crippen LogP contribution in [0.15, 0.2) is 60.5 Å². The lowest BCUT2D eigenvalue weighted by molar-refractivity contribution is -0.115. The molecule has 10 heteroatoms. The zero-order chi connectivity index (χ0) is 27.7. The number of rotatable bonds is 8. The van der Waals surface area contributed by atoms with Crippen LogP contribution in [0.5, 0.6) is 0 Å². The molecule has 2 aromatic carbocycles. The molecule has 0 saturated carbocycles. The van der Waals surface area contributed by atoms with Gasteiger partial charge in [0.25, 0.3) is 5.91 Å². The topological polar surface area (TPSA) is 67.7 Å². The molecule has 1 unspecified atom stereocenters. The van der Waals surface area contributed by atoms with E-state index in [-0.39, 0.29) is 22.4 Å². The number of aromatic nitrogens is 2. The molecule has 0 bridgehead atoms. The Morgan fingerprint density at radius 3 is 2.45 bits per heavy atom. The predicted molar refractivity (Wildman–Crippen MR) is 147 cm³/mol. The Labute approximate surface area is 230 Å². The van der Waals surface area contributed by atoms with Crippen molar-refractivity contribution in [2.45, 2.75) is 32.9 Å². The molecule has 1 aliphatic heterocycles. The second-order valence-corrected chi connectivity index (χ2v) is 9.85. The van der Waals surface area contributed by atoms with Crippen molar-refractivity contribution in [3.8, 4) is 0 Å². The molecule has 1 atom stereocenters. The number of nitrogens with zero attached hydrogens (tertiary/aromatic N) is 4. The van der Waals surface area contributed by atoms with Gasteiger partial charge in [0, 0.05) is 24.3 Å². The highest BCUT2D eigenvalue weighted by molar-refractivity contribution is 6.31. The van der Waals surface area contributed by atoms with E-state index in [0.717, 1.165) is 5.56 Å². The number of anilines is 1. The van der Waals surface area contributed by atoms with Crippen LogP contribution < -0.4 is 4.90 Å². The van der Waals surface area contributed by atoms with Crippen molar-refractivity contribution >= 4 is 46.8 Å². The molecule has 7 nitrogen and oxygen atoms in total. The lowest BCUT2D eigenvalue weighted by Crippen LogP contribution is -2.31. The predicted octanol–water partition coefficient (Wildman–Crippen LogP) is 6.64. The van der Waals surface area contributed by atoms with Crippen LogP contribution >= 0.6 is 23.2 Å². The van der Waals surface area contributed by atoms with Gasteiger partial charge >= 0.3 is 0 Å². The van der Waals surface area contributed by atoms with Crippen molar-refractivity contribution in [1.29, 1.82) is 0 Å². The summed E-state index contributed by atoms with van der Waals surface area (Å²) in [5.74, 6) is -0.289. The highest BCUT2D eigenvalue weighted by Gasteiger charge is 2.46. The lowest BCUT2D eigenvalue weighted by atomic mass is 10.0. The second kappa shape index (κ2) is 11.0. The van der Waals surface area contributed by atoms with Gasteiger partial charge in [0.2, 0.25) is 6.41 Å². The van der Waals surface area contributed by atoms with Gasteiger partial charge in [-0.15, -0.1) is 0 Å². The SMILES string of the molecule is C/C=C(\C(=C/N(C)C=O)OC)c1nc2c(n1C(C)C)C(c1ccc(Cl)cc1)N(c1cccc(Cl)c1F)C2=O. The number of amides is 2. The van der Waals surface area contributed by atoms with E-state index in [9.17, 15) is 9.59 Å². The van der Waals surface area contributed by atoms with Crippen molar-refractivity contribution in [2.24, 2.45) is 0 Å². The Bertz CT molecular complexity index is 1450. The van der Waals surface area contributed by atoms with Crippen molar-refractivity contribution in [3.05, 3.63) is 99.1 Å². The molecular weight excluding hydrogens is 530 g/mol. The smallest absolute Gasteiger partial charge is 0.279 e. The number of allylic oxidation sites excluding steroid dienone is 2. The first-order valence-corrected chi connectivity index (χ1v) is 12.6. The summed E-state index contributed by atoms with van der Waals surface area (Å²) in [4.78, 5) is 32.7. The standard InChI is InChI=1S/C28H27Cl2FN4O3/c1-6-19(22(38-5)14-33(4)15-36)27-32-24-26(34(27)16(2)3)25(17-10-12-18(29)13-11-17)35(28(24)37)21-9-7-8-20(30)23(21)31/h6-16,25H,1-5H3/b19-6+,22-14+. The minimum atomic E-state index is -0.711. The van der Waals surface area contributed by atoms with Gasteiger partial charge in [-0.25, -0.2) is 9.37 Å². The van der Waals surface area contributed by atoms with Crippen molar-refractivity contribution in [1.82, 2.24) is 14.5 Å². The maximum Gasteiger partial charge on any atom is 0.279 e.